The Morgan fingerprint density at radius 2 is 2.07 bits per heavy atom. The molecule has 5 nitrogen and oxygen atoms in total. The number of carbonyl (C=O) groups excluding carboxylic acids is 1. The van der Waals surface area contributed by atoms with Gasteiger partial charge < -0.3 is 5.32 Å². The number of aromatic nitrogens is 2. The Morgan fingerprint density at radius 3 is 2.86 bits per heavy atom. The highest BCUT2D eigenvalue weighted by Crippen LogP contribution is 2.36. The minimum atomic E-state index is -0.285. The van der Waals surface area contributed by atoms with E-state index in [0.29, 0.717) is 17.0 Å². The van der Waals surface area contributed by atoms with Crippen LogP contribution in [0.4, 0.5) is 0 Å². The van der Waals surface area contributed by atoms with Gasteiger partial charge in [-0.3, -0.25) is 14.2 Å². The highest BCUT2D eigenvalue weighted by molar-refractivity contribution is 8.00. The number of nitrogens with zero attached hydrogens (tertiary/aromatic N) is 2. The minimum absolute atomic E-state index is 0.0224. The lowest BCUT2D eigenvalue weighted by atomic mass is 9.78. The summed E-state index contributed by atoms with van der Waals surface area (Å²) in [5, 5.41) is 4.39. The van der Waals surface area contributed by atoms with E-state index in [4.69, 9.17) is 4.98 Å². The number of thioether (sulfide) groups is 1. The van der Waals surface area contributed by atoms with Crippen LogP contribution in [-0.2, 0) is 24.7 Å². The molecule has 0 saturated heterocycles. The van der Waals surface area contributed by atoms with Gasteiger partial charge in [0, 0.05) is 18.0 Å². The van der Waals surface area contributed by atoms with Crippen molar-refractivity contribution in [1.82, 2.24) is 14.9 Å². The van der Waals surface area contributed by atoms with E-state index in [2.05, 4.69) is 19.2 Å². The minimum Gasteiger partial charge on any atom is -0.352 e. The zero-order valence-corrected chi connectivity index (χ0v) is 18.7. The lowest BCUT2D eigenvalue weighted by Gasteiger charge is -2.35. The van der Waals surface area contributed by atoms with E-state index < -0.39 is 0 Å². The van der Waals surface area contributed by atoms with Crippen LogP contribution in [0.5, 0.6) is 0 Å². The molecule has 4 atom stereocenters. The first-order chi connectivity index (χ1) is 13.4. The number of amides is 1. The summed E-state index contributed by atoms with van der Waals surface area (Å²) in [4.78, 5) is 32.6. The molecule has 2 aromatic heterocycles. The molecule has 1 N–H and O–H groups in total. The van der Waals surface area contributed by atoms with Crippen molar-refractivity contribution in [2.45, 2.75) is 75.7 Å². The monoisotopic (exact) mass is 419 g/mol. The average Bonchev–Trinajstić information content (AvgIpc) is 3.23. The van der Waals surface area contributed by atoms with Gasteiger partial charge in [-0.05, 0) is 50.0 Å². The van der Waals surface area contributed by atoms with Crippen LogP contribution in [0.25, 0.3) is 10.2 Å². The van der Waals surface area contributed by atoms with Crippen LogP contribution in [0.3, 0.4) is 0 Å². The Balaban J connectivity index is 1.52. The molecule has 1 amide bonds. The van der Waals surface area contributed by atoms with Crippen molar-refractivity contribution in [3.05, 3.63) is 20.8 Å². The van der Waals surface area contributed by atoms with Crippen molar-refractivity contribution in [3.8, 4) is 0 Å². The van der Waals surface area contributed by atoms with Gasteiger partial charge in [0.1, 0.15) is 4.83 Å². The summed E-state index contributed by atoms with van der Waals surface area (Å²) in [6, 6.07) is 0.249. The van der Waals surface area contributed by atoms with Crippen molar-refractivity contribution in [3.63, 3.8) is 0 Å². The molecule has 0 unspecified atom stereocenters. The van der Waals surface area contributed by atoms with Gasteiger partial charge in [0.2, 0.25) is 5.91 Å². The Labute approximate surface area is 174 Å². The predicted octanol–water partition coefficient (Wildman–Crippen LogP) is 3.91. The van der Waals surface area contributed by atoms with Crippen molar-refractivity contribution in [2.75, 3.05) is 0 Å². The molecule has 1 saturated carbocycles. The zero-order valence-electron chi connectivity index (χ0n) is 17.1. The normalized spacial score (nSPS) is 25.6. The Bertz CT molecular complexity index is 965. The number of carbonyl (C=O) groups is 1. The molecule has 2 aliphatic carbocycles. The van der Waals surface area contributed by atoms with Gasteiger partial charge in [-0.2, -0.15) is 0 Å². The smallest absolute Gasteiger partial charge is 0.262 e. The van der Waals surface area contributed by atoms with E-state index in [0.717, 1.165) is 35.9 Å². The maximum atomic E-state index is 12.9. The molecule has 0 radical (unpaired) electrons. The lowest BCUT2D eigenvalue weighted by Crippen LogP contribution is -2.46. The molecule has 0 aliphatic heterocycles. The second kappa shape index (κ2) is 7.82. The number of hydrogen-bond acceptors (Lipinski definition) is 5. The van der Waals surface area contributed by atoms with Crippen LogP contribution in [0, 0.1) is 11.8 Å². The van der Waals surface area contributed by atoms with Crippen molar-refractivity contribution in [2.24, 2.45) is 18.9 Å². The highest BCUT2D eigenvalue weighted by Gasteiger charge is 2.30. The van der Waals surface area contributed by atoms with Crippen LogP contribution in [-0.4, -0.2) is 26.8 Å². The Kier molecular flexibility index (Phi) is 5.58. The molecule has 1 fully saturated rings. The largest absolute Gasteiger partial charge is 0.352 e. The van der Waals surface area contributed by atoms with E-state index in [9.17, 15) is 9.59 Å². The average molecular weight is 420 g/mol. The molecule has 0 aromatic carbocycles. The van der Waals surface area contributed by atoms with Gasteiger partial charge in [-0.15, -0.1) is 11.3 Å². The summed E-state index contributed by atoms with van der Waals surface area (Å²) in [5.41, 5.74) is 1.23. The molecular weight excluding hydrogens is 390 g/mol. The van der Waals surface area contributed by atoms with E-state index in [1.165, 1.54) is 35.0 Å². The molecule has 0 bridgehead atoms. The molecule has 7 heteroatoms. The maximum absolute atomic E-state index is 12.9. The zero-order chi connectivity index (χ0) is 20.0. The third-order valence-corrected chi connectivity index (χ3v) is 8.92. The van der Waals surface area contributed by atoms with Gasteiger partial charge in [0.15, 0.2) is 5.16 Å². The summed E-state index contributed by atoms with van der Waals surface area (Å²) in [7, 11) is 1.77. The third-order valence-electron chi connectivity index (χ3n) is 6.59. The molecule has 152 valence electrons. The SMILES string of the molecule is C[C@@H]1[C@H](C)CCC[C@H]1NC(=O)[C@@H](C)Sc1nc2sc3c(c2c(=O)n1C)CCC3. The maximum Gasteiger partial charge on any atom is 0.262 e. The first-order valence-corrected chi connectivity index (χ1v) is 12.0. The second-order valence-electron chi connectivity index (χ2n) is 8.44. The predicted molar refractivity (Wildman–Crippen MR) is 116 cm³/mol. The first kappa shape index (κ1) is 20.0. The topological polar surface area (TPSA) is 64.0 Å². The number of rotatable bonds is 4. The van der Waals surface area contributed by atoms with Crippen LogP contribution in [0.15, 0.2) is 9.95 Å². The number of fused-ring (bicyclic) bond motifs is 3. The van der Waals surface area contributed by atoms with E-state index in [1.807, 2.05) is 6.92 Å². The Hall–Kier alpha value is -1.34. The molecule has 28 heavy (non-hydrogen) atoms. The van der Waals surface area contributed by atoms with Crippen molar-refractivity contribution < 1.29 is 4.79 Å². The Morgan fingerprint density at radius 1 is 1.29 bits per heavy atom. The molecule has 2 heterocycles. The number of hydrogen-bond donors (Lipinski definition) is 1. The van der Waals surface area contributed by atoms with E-state index >= 15 is 0 Å². The van der Waals surface area contributed by atoms with Crippen LogP contribution in [0.2, 0.25) is 0 Å². The fraction of sp³-hybridized carbons (Fsp3) is 0.667. The first-order valence-electron chi connectivity index (χ1n) is 10.3. The van der Waals surface area contributed by atoms with Gasteiger partial charge in [-0.1, -0.05) is 38.5 Å². The fourth-order valence-electron chi connectivity index (χ4n) is 4.51. The molecule has 2 aromatic rings. The van der Waals surface area contributed by atoms with Crippen LogP contribution in [0.1, 0.15) is 56.9 Å². The summed E-state index contributed by atoms with van der Waals surface area (Å²) in [5.74, 6) is 1.19. The third kappa shape index (κ3) is 3.52. The summed E-state index contributed by atoms with van der Waals surface area (Å²) in [6.45, 7) is 6.41. The molecule has 2 aliphatic rings. The lowest BCUT2D eigenvalue weighted by molar-refractivity contribution is -0.121. The van der Waals surface area contributed by atoms with E-state index in [-0.39, 0.29) is 22.8 Å². The number of thiophene rings is 1. The summed E-state index contributed by atoms with van der Waals surface area (Å²) >= 11 is 3.03. The standard InChI is InChI=1S/C21H29N3O2S2/c1-11-7-5-9-15(12(11)2)22-18(25)13(3)27-21-23-19-17(20(26)24(21)4)14-8-6-10-16(14)28-19/h11-13,15H,5-10H2,1-4H3,(H,22,25)/t11-,12-,13-,15-/m1/s1. The van der Waals surface area contributed by atoms with Gasteiger partial charge in [0.25, 0.3) is 5.56 Å². The van der Waals surface area contributed by atoms with Crippen LogP contribution >= 0.6 is 23.1 Å². The fourth-order valence-corrected chi connectivity index (χ4v) is 6.69. The quantitative estimate of drug-likeness (QED) is 0.603. The summed E-state index contributed by atoms with van der Waals surface area (Å²) in [6.07, 6.45) is 6.64. The highest BCUT2D eigenvalue weighted by atomic mass is 32.2. The van der Waals surface area contributed by atoms with Gasteiger partial charge in [-0.25, -0.2) is 4.98 Å². The van der Waals surface area contributed by atoms with Gasteiger partial charge >= 0.3 is 0 Å². The second-order valence-corrected chi connectivity index (χ2v) is 10.8. The van der Waals surface area contributed by atoms with E-state index in [1.54, 1.807) is 23.0 Å². The molecule has 0 spiro atoms. The number of aryl methyl sites for hydroxylation is 2. The van der Waals surface area contributed by atoms with Crippen molar-refractivity contribution in [1.29, 1.82) is 0 Å². The van der Waals surface area contributed by atoms with Gasteiger partial charge in [0.05, 0.1) is 10.6 Å². The molecule has 4 rings (SSSR count). The molecular formula is C21H29N3O2S2. The number of nitrogens with one attached hydrogen (secondary N) is 1. The van der Waals surface area contributed by atoms with Crippen LogP contribution < -0.4 is 10.9 Å². The summed E-state index contributed by atoms with van der Waals surface area (Å²) < 4.78 is 1.62. The van der Waals surface area contributed by atoms with Crippen molar-refractivity contribution >= 4 is 39.2 Å².